The number of carbonyl (C=O) groups excluding carboxylic acids is 1. The Bertz CT molecular complexity index is 1050. The molecule has 3 aromatic rings. The second kappa shape index (κ2) is 6.76. The maximum Gasteiger partial charge on any atom is 0.356 e. The Kier molecular flexibility index (Phi) is 4.65. The lowest BCUT2D eigenvalue weighted by Gasteiger charge is -2.07. The number of esters is 1. The molecule has 0 aliphatic carbocycles. The van der Waals surface area contributed by atoms with Gasteiger partial charge in [0.1, 0.15) is 5.69 Å². The number of aromatic amines is 1. The van der Waals surface area contributed by atoms with Crippen molar-refractivity contribution in [2.75, 3.05) is 13.4 Å². The van der Waals surface area contributed by atoms with Crippen molar-refractivity contribution in [2.45, 2.75) is 11.8 Å². The highest BCUT2D eigenvalue weighted by Crippen LogP contribution is 2.34. The molecule has 1 N–H and O–H groups in total. The number of nitrogens with one attached hydrogen (secondary N) is 1. The van der Waals surface area contributed by atoms with E-state index in [9.17, 15) is 13.2 Å². The van der Waals surface area contributed by atoms with E-state index in [2.05, 4.69) is 10.2 Å². The third-order valence-corrected chi connectivity index (χ3v) is 5.18. The molecule has 1 heterocycles. The standard InChI is InChI=1S/C19H18N2O4S/c1-12-4-6-13(7-5-12)16-17(20-21-18(16)19(22)25-2)14-8-10-15(11-9-14)26(3,23)24/h4-11H,1-3H3,(H,20,21). The van der Waals surface area contributed by atoms with Crippen LogP contribution >= 0.6 is 0 Å². The molecule has 7 heteroatoms. The molecule has 0 radical (unpaired) electrons. The predicted octanol–water partition coefficient (Wildman–Crippen LogP) is 3.24. The molecule has 134 valence electrons. The van der Waals surface area contributed by atoms with Crippen molar-refractivity contribution in [3.05, 3.63) is 59.8 Å². The number of hydrogen-bond donors (Lipinski definition) is 1. The Morgan fingerprint density at radius 1 is 1.00 bits per heavy atom. The van der Waals surface area contributed by atoms with E-state index in [1.807, 2.05) is 31.2 Å². The first kappa shape index (κ1) is 17.9. The molecule has 0 spiro atoms. The Morgan fingerprint density at radius 2 is 1.58 bits per heavy atom. The summed E-state index contributed by atoms with van der Waals surface area (Å²) in [6.07, 6.45) is 1.16. The lowest BCUT2D eigenvalue weighted by Crippen LogP contribution is -2.03. The number of aryl methyl sites for hydroxylation is 1. The van der Waals surface area contributed by atoms with Crippen LogP contribution in [0.15, 0.2) is 53.4 Å². The molecular formula is C19H18N2O4S. The monoisotopic (exact) mass is 370 g/mol. The smallest absolute Gasteiger partial charge is 0.356 e. The van der Waals surface area contributed by atoms with Crippen molar-refractivity contribution in [3.8, 4) is 22.4 Å². The van der Waals surface area contributed by atoms with Gasteiger partial charge in [-0.1, -0.05) is 42.0 Å². The summed E-state index contributed by atoms with van der Waals surface area (Å²) in [5.41, 5.74) is 4.01. The molecule has 0 saturated carbocycles. The number of carbonyl (C=O) groups is 1. The van der Waals surface area contributed by atoms with Gasteiger partial charge >= 0.3 is 5.97 Å². The van der Waals surface area contributed by atoms with Crippen LogP contribution in [0.5, 0.6) is 0 Å². The Balaban J connectivity index is 2.17. The summed E-state index contributed by atoms with van der Waals surface area (Å²) in [6.45, 7) is 1.98. The molecule has 26 heavy (non-hydrogen) atoms. The van der Waals surface area contributed by atoms with Crippen molar-refractivity contribution in [3.63, 3.8) is 0 Å². The highest BCUT2D eigenvalue weighted by Gasteiger charge is 2.22. The molecule has 0 saturated heterocycles. The zero-order valence-corrected chi connectivity index (χ0v) is 15.4. The van der Waals surface area contributed by atoms with Gasteiger partial charge in [0.05, 0.1) is 12.0 Å². The number of hydrogen-bond acceptors (Lipinski definition) is 5. The molecule has 0 unspecified atom stereocenters. The first-order valence-corrected chi connectivity index (χ1v) is 9.74. The Labute approximate surface area is 151 Å². The van der Waals surface area contributed by atoms with Gasteiger partial charge in [-0.2, -0.15) is 5.10 Å². The van der Waals surface area contributed by atoms with E-state index in [1.165, 1.54) is 19.2 Å². The number of methoxy groups -OCH3 is 1. The zero-order valence-electron chi connectivity index (χ0n) is 14.6. The highest BCUT2D eigenvalue weighted by atomic mass is 32.2. The van der Waals surface area contributed by atoms with Crippen molar-refractivity contribution in [1.82, 2.24) is 10.2 Å². The van der Waals surface area contributed by atoms with Crippen LogP contribution in [0, 0.1) is 6.92 Å². The minimum Gasteiger partial charge on any atom is -0.464 e. The largest absolute Gasteiger partial charge is 0.464 e. The van der Waals surface area contributed by atoms with Crippen LogP contribution in [-0.4, -0.2) is 38.0 Å². The maximum atomic E-state index is 12.1. The molecule has 3 rings (SSSR count). The number of nitrogens with zero attached hydrogens (tertiary/aromatic N) is 1. The molecule has 1 aromatic heterocycles. The van der Waals surface area contributed by atoms with Crippen molar-refractivity contribution in [2.24, 2.45) is 0 Å². The van der Waals surface area contributed by atoms with Gasteiger partial charge in [0, 0.05) is 17.4 Å². The third kappa shape index (κ3) is 3.39. The predicted molar refractivity (Wildman–Crippen MR) is 98.6 cm³/mol. The molecule has 0 atom stereocenters. The van der Waals surface area contributed by atoms with Crippen LogP contribution in [0.3, 0.4) is 0 Å². The van der Waals surface area contributed by atoms with Gasteiger partial charge < -0.3 is 4.74 Å². The van der Waals surface area contributed by atoms with E-state index < -0.39 is 15.8 Å². The number of sulfone groups is 1. The second-order valence-corrected chi connectivity index (χ2v) is 7.99. The van der Waals surface area contributed by atoms with E-state index in [1.54, 1.807) is 12.1 Å². The molecule has 0 aliphatic heterocycles. The van der Waals surface area contributed by atoms with Crippen LogP contribution in [0.4, 0.5) is 0 Å². The Hall–Kier alpha value is -2.93. The van der Waals surface area contributed by atoms with E-state index in [4.69, 9.17) is 4.74 Å². The number of benzene rings is 2. The van der Waals surface area contributed by atoms with E-state index in [0.29, 0.717) is 16.8 Å². The minimum absolute atomic E-state index is 0.224. The minimum atomic E-state index is -3.28. The first-order chi connectivity index (χ1) is 12.3. The van der Waals surface area contributed by atoms with Crippen LogP contribution < -0.4 is 0 Å². The average molecular weight is 370 g/mol. The summed E-state index contributed by atoms with van der Waals surface area (Å²) >= 11 is 0. The number of aromatic nitrogens is 2. The van der Waals surface area contributed by atoms with Gasteiger partial charge in [-0.15, -0.1) is 0 Å². The fraction of sp³-hybridized carbons (Fsp3) is 0.158. The lowest BCUT2D eigenvalue weighted by molar-refractivity contribution is 0.0595. The van der Waals surface area contributed by atoms with Gasteiger partial charge in [0.25, 0.3) is 0 Å². The Morgan fingerprint density at radius 3 is 2.12 bits per heavy atom. The zero-order chi connectivity index (χ0) is 18.9. The lowest BCUT2D eigenvalue weighted by atomic mass is 9.98. The molecule has 2 aromatic carbocycles. The quantitative estimate of drug-likeness (QED) is 0.712. The van der Waals surface area contributed by atoms with Crippen molar-refractivity contribution < 1.29 is 17.9 Å². The van der Waals surface area contributed by atoms with E-state index >= 15 is 0 Å². The maximum absolute atomic E-state index is 12.1. The van der Waals surface area contributed by atoms with Crippen LogP contribution in [-0.2, 0) is 14.6 Å². The van der Waals surface area contributed by atoms with Crippen LogP contribution in [0.2, 0.25) is 0 Å². The van der Waals surface area contributed by atoms with Crippen molar-refractivity contribution in [1.29, 1.82) is 0 Å². The first-order valence-electron chi connectivity index (χ1n) is 7.85. The fourth-order valence-corrected chi connectivity index (χ4v) is 3.29. The van der Waals surface area contributed by atoms with Crippen LogP contribution in [0.25, 0.3) is 22.4 Å². The summed E-state index contributed by atoms with van der Waals surface area (Å²) in [4.78, 5) is 12.4. The van der Waals surface area contributed by atoms with Gasteiger partial charge in [-0.3, -0.25) is 5.10 Å². The van der Waals surface area contributed by atoms with Gasteiger partial charge in [0.15, 0.2) is 15.5 Å². The molecule has 0 fully saturated rings. The van der Waals surface area contributed by atoms with Crippen LogP contribution in [0.1, 0.15) is 16.1 Å². The second-order valence-electron chi connectivity index (χ2n) is 5.98. The summed E-state index contributed by atoms with van der Waals surface area (Å²) in [5.74, 6) is -0.521. The molecule has 0 bridgehead atoms. The number of H-pyrrole nitrogens is 1. The molecule has 0 aliphatic rings. The SMILES string of the molecule is COC(=O)c1[nH]nc(-c2ccc(S(C)(=O)=O)cc2)c1-c1ccc(C)cc1. The molecular weight excluding hydrogens is 352 g/mol. The van der Waals surface area contributed by atoms with E-state index in [0.717, 1.165) is 17.4 Å². The summed E-state index contributed by atoms with van der Waals surface area (Å²) < 4.78 is 28.1. The van der Waals surface area contributed by atoms with Gasteiger partial charge in [-0.05, 0) is 24.6 Å². The fourth-order valence-electron chi connectivity index (χ4n) is 2.66. The van der Waals surface area contributed by atoms with Gasteiger partial charge in [-0.25, -0.2) is 13.2 Å². The normalized spacial score (nSPS) is 11.3. The third-order valence-electron chi connectivity index (χ3n) is 4.05. The number of rotatable bonds is 4. The summed E-state index contributed by atoms with van der Waals surface area (Å²) in [5, 5.41) is 7.01. The number of ether oxygens (including phenoxy) is 1. The molecule has 0 amide bonds. The van der Waals surface area contributed by atoms with E-state index in [-0.39, 0.29) is 10.6 Å². The van der Waals surface area contributed by atoms with Gasteiger partial charge in [0.2, 0.25) is 0 Å². The van der Waals surface area contributed by atoms with Crippen molar-refractivity contribution >= 4 is 15.8 Å². The topological polar surface area (TPSA) is 89.1 Å². The summed E-state index contributed by atoms with van der Waals surface area (Å²) in [7, 11) is -1.98. The molecule has 6 nitrogen and oxygen atoms in total. The highest BCUT2D eigenvalue weighted by molar-refractivity contribution is 7.90. The average Bonchev–Trinajstić information content (AvgIpc) is 3.06. The summed E-state index contributed by atoms with van der Waals surface area (Å²) in [6, 6.07) is 14.1.